The second-order valence-corrected chi connectivity index (χ2v) is 5.91. The third-order valence-electron chi connectivity index (χ3n) is 3.13. The Morgan fingerprint density at radius 1 is 1.25 bits per heavy atom. The highest BCUT2D eigenvalue weighted by atomic mass is 32.1. The van der Waals surface area contributed by atoms with Crippen LogP contribution in [0, 0.1) is 0 Å². The van der Waals surface area contributed by atoms with Gasteiger partial charge in [0.2, 0.25) is 0 Å². The second kappa shape index (κ2) is 7.31. The molecule has 0 aliphatic carbocycles. The highest BCUT2D eigenvalue weighted by Crippen LogP contribution is 2.20. The molecule has 0 bridgehead atoms. The molecule has 1 heterocycles. The van der Waals surface area contributed by atoms with Crippen LogP contribution in [-0.2, 0) is 0 Å². The number of rotatable bonds is 7. The molecule has 0 saturated carbocycles. The largest absolute Gasteiger partial charge is 0.492 e. The van der Waals surface area contributed by atoms with Gasteiger partial charge in [0, 0.05) is 43.3 Å². The third kappa shape index (κ3) is 4.25. The van der Waals surface area contributed by atoms with Crippen LogP contribution < -0.4 is 15.0 Å². The Morgan fingerprint density at radius 2 is 2.10 bits per heavy atom. The van der Waals surface area contributed by atoms with Gasteiger partial charge in [-0.2, -0.15) is 0 Å². The topological polar surface area (TPSA) is 24.5 Å². The average molecular weight is 290 g/mol. The second-order valence-electron chi connectivity index (χ2n) is 4.93. The highest BCUT2D eigenvalue weighted by Gasteiger charge is 2.05. The molecule has 0 saturated heterocycles. The predicted molar refractivity (Wildman–Crippen MR) is 87.0 cm³/mol. The number of hydrogen-bond donors (Lipinski definition) is 1. The summed E-state index contributed by atoms with van der Waals surface area (Å²) < 4.78 is 5.78. The fourth-order valence-corrected chi connectivity index (χ4v) is 2.69. The number of anilines is 1. The summed E-state index contributed by atoms with van der Waals surface area (Å²) in [6.45, 7) is 3.69. The molecule has 0 aliphatic heterocycles. The van der Waals surface area contributed by atoms with Crippen molar-refractivity contribution in [1.29, 1.82) is 0 Å². The quantitative estimate of drug-likeness (QED) is 0.789. The Hall–Kier alpha value is -1.52. The molecule has 0 amide bonds. The summed E-state index contributed by atoms with van der Waals surface area (Å²) in [7, 11) is 4.06. The molecular weight excluding hydrogens is 268 g/mol. The van der Waals surface area contributed by atoms with Gasteiger partial charge in [0.1, 0.15) is 12.4 Å². The van der Waals surface area contributed by atoms with Crippen LogP contribution in [0.15, 0.2) is 41.8 Å². The van der Waals surface area contributed by atoms with E-state index >= 15 is 0 Å². The van der Waals surface area contributed by atoms with Crippen molar-refractivity contribution in [1.82, 2.24) is 5.32 Å². The van der Waals surface area contributed by atoms with Crippen LogP contribution in [-0.4, -0.2) is 27.2 Å². The highest BCUT2D eigenvalue weighted by molar-refractivity contribution is 7.10. The van der Waals surface area contributed by atoms with Crippen molar-refractivity contribution in [2.45, 2.75) is 13.0 Å². The lowest BCUT2D eigenvalue weighted by atomic mass is 10.3. The Kier molecular flexibility index (Phi) is 5.44. The maximum absolute atomic E-state index is 5.78. The Balaban J connectivity index is 1.74. The molecule has 1 atom stereocenters. The maximum atomic E-state index is 5.78. The smallest absolute Gasteiger partial charge is 0.121 e. The SMILES string of the molecule is CC(NCCOc1cccc(N(C)C)c1)c1cccs1. The van der Waals surface area contributed by atoms with Crippen LogP contribution in [0.1, 0.15) is 17.8 Å². The number of hydrogen-bond acceptors (Lipinski definition) is 4. The van der Waals surface area contributed by atoms with Gasteiger partial charge in [-0.1, -0.05) is 12.1 Å². The molecule has 0 fully saturated rings. The molecular formula is C16H22N2OS. The Labute approximate surface area is 125 Å². The lowest BCUT2D eigenvalue weighted by molar-refractivity contribution is 0.308. The van der Waals surface area contributed by atoms with Gasteiger partial charge in [-0.3, -0.25) is 0 Å². The average Bonchev–Trinajstić information content (AvgIpc) is 2.98. The van der Waals surface area contributed by atoms with Gasteiger partial charge < -0.3 is 15.0 Å². The molecule has 1 unspecified atom stereocenters. The molecule has 1 aromatic carbocycles. The molecule has 0 spiro atoms. The Morgan fingerprint density at radius 3 is 2.80 bits per heavy atom. The van der Waals surface area contributed by atoms with Crippen molar-refractivity contribution < 1.29 is 4.74 Å². The van der Waals surface area contributed by atoms with Gasteiger partial charge >= 0.3 is 0 Å². The molecule has 0 aliphatic rings. The predicted octanol–water partition coefficient (Wildman–Crippen LogP) is 3.54. The lowest BCUT2D eigenvalue weighted by Gasteiger charge is -2.15. The summed E-state index contributed by atoms with van der Waals surface area (Å²) in [6, 6.07) is 12.8. The molecule has 1 aromatic heterocycles. The summed E-state index contributed by atoms with van der Waals surface area (Å²) >= 11 is 1.78. The monoisotopic (exact) mass is 290 g/mol. The first-order chi connectivity index (χ1) is 9.66. The molecule has 3 nitrogen and oxygen atoms in total. The molecule has 1 N–H and O–H groups in total. The zero-order chi connectivity index (χ0) is 14.4. The minimum absolute atomic E-state index is 0.381. The van der Waals surface area contributed by atoms with Crippen LogP contribution in [0.2, 0.25) is 0 Å². The van der Waals surface area contributed by atoms with E-state index in [2.05, 4.69) is 46.8 Å². The fraction of sp³-hybridized carbons (Fsp3) is 0.375. The zero-order valence-corrected chi connectivity index (χ0v) is 13.1. The van der Waals surface area contributed by atoms with Crippen LogP contribution in [0.4, 0.5) is 5.69 Å². The molecule has 0 radical (unpaired) electrons. The number of benzene rings is 1. The van der Waals surface area contributed by atoms with E-state index in [-0.39, 0.29) is 0 Å². The van der Waals surface area contributed by atoms with Crippen molar-refractivity contribution in [2.24, 2.45) is 0 Å². The van der Waals surface area contributed by atoms with E-state index in [1.54, 1.807) is 11.3 Å². The van der Waals surface area contributed by atoms with E-state index in [4.69, 9.17) is 4.74 Å². The van der Waals surface area contributed by atoms with Gasteiger partial charge in [0.15, 0.2) is 0 Å². The van der Waals surface area contributed by atoms with E-state index in [0.29, 0.717) is 12.6 Å². The maximum Gasteiger partial charge on any atom is 0.121 e. The number of ether oxygens (including phenoxy) is 1. The van der Waals surface area contributed by atoms with Crippen LogP contribution in [0.5, 0.6) is 5.75 Å². The van der Waals surface area contributed by atoms with E-state index in [0.717, 1.165) is 18.0 Å². The van der Waals surface area contributed by atoms with Crippen LogP contribution >= 0.6 is 11.3 Å². The number of nitrogens with one attached hydrogen (secondary N) is 1. The first kappa shape index (κ1) is 14.9. The lowest BCUT2D eigenvalue weighted by Crippen LogP contribution is -2.23. The standard InChI is InChI=1S/C16H22N2OS/c1-13(16-8-5-11-20-16)17-9-10-19-15-7-4-6-14(12-15)18(2)3/h4-8,11-13,17H,9-10H2,1-3H3. The van der Waals surface area contributed by atoms with E-state index < -0.39 is 0 Å². The summed E-state index contributed by atoms with van der Waals surface area (Å²) in [5.41, 5.74) is 1.16. The van der Waals surface area contributed by atoms with Crippen molar-refractivity contribution in [3.63, 3.8) is 0 Å². The van der Waals surface area contributed by atoms with Crippen LogP contribution in [0.3, 0.4) is 0 Å². The summed E-state index contributed by atoms with van der Waals surface area (Å²) in [4.78, 5) is 3.43. The minimum Gasteiger partial charge on any atom is -0.492 e. The number of thiophene rings is 1. The minimum atomic E-state index is 0.381. The van der Waals surface area contributed by atoms with E-state index in [1.165, 1.54) is 4.88 Å². The van der Waals surface area contributed by atoms with Gasteiger partial charge in [-0.05, 0) is 30.5 Å². The fourth-order valence-electron chi connectivity index (χ4n) is 1.93. The molecule has 2 rings (SSSR count). The van der Waals surface area contributed by atoms with Gasteiger partial charge in [-0.25, -0.2) is 0 Å². The number of nitrogens with zero attached hydrogens (tertiary/aromatic N) is 1. The van der Waals surface area contributed by atoms with Gasteiger partial charge in [0.25, 0.3) is 0 Å². The molecule has 2 aromatic rings. The molecule has 108 valence electrons. The van der Waals surface area contributed by atoms with Crippen molar-refractivity contribution >= 4 is 17.0 Å². The molecule has 20 heavy (non-hydrogen) atoms. The van der Waals surface area contributed by atoms with E-state index in [9.17, 15) is 0 Å². The van der Waals surface area contributed by atoms with Gasteiger partial charge in [0.05, 0.1) is 0 Å². The molecule has 4 heteroatoms. The van der Waals surface area contributed by atoms with Crippen molar-refractivity contribution in [2.75, 3.05) is 32.1 Å². The van der Waals surface area contributed by atoms with Crippen molar-refractivity contribution in [3.05, 3.63) is 46.7 Å². The normalized spacial score (nSPS) is 12.2. The first-order valence-corrected chi connectivity index (χ1v) is 7.72. The summed E-state index contributed by atoms with van der Waals surface area (Å²) in [5, 5.41) is 5.58. The summed E-state index contributed by atoms with van der Waals surface area (Å²) in [6.07, 6.45) is 0. The zero-order valence-electron chi connectivity index (χ0n) is 12.3. The van der Waals surface area contributed by atoms with Crippen molar-refractivity contribution in [3.8, 4) is 5.75 Å². The van der Waals surface area contributed by atoms with E-state index in [1.807, 2.05) is 26.2 Å². The third-order valence-corrected chi connectivity index (χ3v) is 4.18. The first-order valence-electron chi connectivity index (χ1n) is 6.84. The Bertz CT molecular complexity index is 511. The van der Waals surface area contributed by atoms with Gasteiger partial charge in [-0.15, -0.1) is 11.3 Å². The van der Waals surface area contributed by atoms with Crippen LogP contribution in [0.25, 0.3) is 0 Å². The summed E-state index contributed by atoms with van der Waals surface area (Å²) in [5.74, 6) is 0.918.